The van der Waals surface area contributed by atoms with E-state index in [1.807, 2.05) is 17.5 Å². The fraction of sp³-hybridized carbons (Fsp3) is 0.312. The number of anilines is 1. The van der Waals surface area contributed by atoms with Crippen molar-refractivity contribution < 1.29 is 19.0 Å². The zero-order chi connectivity index (χ0) is 16.5. The Bertz CT molecular complexity index is 620. The molecule has 1 aromatic carbocycles. The molecule has 0 bridgehead atoms. The lowest BCUT2D eigenvalue weighted by molar-refractivity contribution is -0.119. The van der Waals surface area contributed by atoms with Crippen LogP contribution in [0.5, 0.6) is 5.75 Å². The molecule has 0 saturated carbocycles. The first-order valence-electron chi connectivity index (χ1n) is 7.25. The van der Waals surface area contributed by atoms with Gasteiger partial charge in [0.2, 0.25) is 5.91 Å². The average Bonchev–Trinajstić information content (AvgIpc) is 3.05. The second-order valence-corrected chi connectivity index (χ2v) is 5.78. The SMILES string of the molecule is O=C(CNc1ccc(F)cc1OCCO)NCCc1cccs1. The third kappa shape index (κ3) is 5.88. The smallest absolute Gasteiger partial charge is 0.239 e. The van der Waals surface area contributed by atoms with Crippen molar-refractivity contribution in [2.24, 2.45) is 0 Å². The molecule has 1 amide bonds. The Hall–Kier alpha value is -2.12. The topological polar surface area (TPSA) is 70.6 Å². The lowest BCUT2D eigenvalue weighted by atomic mass is 10.2. The van der Waals surface area contributed by atoms with E-state index < -0.39 is 5.82 Å². The summed E-state index contributed by atoms with van der Waals surface area (Å²) in [7, 11) is 0. The Balaban J connectivity index is 1.78. The van der Waals surface area contributed by atoms with Crippen molar-refractivity contribution in [1.82, 2.24) is 5.32 Å². The third-order valence-corrected chi connectivity index (χ3v) is 3.94. The van der Waals surface area contributed by atoms with E-state index in [2.05, 4.69) is 10.6 Å². The van der Waals surface area contributed by atoms with Crippen LogP contribution < -0.4 is 15.4 Å². The molecule has 23 heavy (non-hydrogen) atoms. The van der Waals surface area contributed by atoms with Crippen molar-refractivity contribution in [3.63, 3.8) is 0 Å². The number of halogens is 1. The van der Waals surface area contributed by atoms with Gasteiger partial charge in [-0.25, -0.2) is 4.39 Å². The monoisotopic (exact) mass is 338 g/mol. The molecule has 2 aromatic rings. The standard InChI is InChI=1S/C16H19FN2O3S/c17-12-3-4-14(15(10-12)22-8-7-20)19-11-16(21)18-6-5-13-2-1-9-23-13/h1-4,9-10,19-20H,5-8,11H2,(H,18,21). The highest BCUT2D eigenvalue weighted by atomic mass is 32.1. The summed E-state index contributed by atoms with van der Waals surface area (Å²) in [6.07, 6.45) is 0.796. The van der Waals surface area contributed by atoms with Crippen LogP contribution in [0.4, 0.5) is 10.1 Å². The van der Waals surface area contributed by atoms with E-state index in [0.717, 1.165) is 6.42 Å². The Morgan fingerprint density at radius 3 is 2.96 bits per heavy atom. The van der Waals surface area contributed by atoms with E-state index in [0.29, 0.717) is 12.2 Å². The molecule has 0 unspecified atom stereocenters. The molecule has 5 nitrogen and oxygen atoms in total. The number of benzene rings is 1. The first kappa shape index (κ1) is 17.2. The number of hydrogen-bond donors (Lipinski definition) is 3. The highest BCUT2D eigenvalue weighted by Gasteiger charge is 2.07. The summed E-state index contributed by atoms with van der Waals surface area (Å²) in [6, 6.07) is 8.00. The molecular weight excluding hydrogens is 319 g/mol. The normalized spacial score (nSPS) is 10.3. The van der Waals surface area contributed by atoms with Crippen LogP contribution in [0.2, 0.25) is 0 Å². The number of carbonyl (C=O) groups is 1. The molecule has 0 saturated heterocycles. The van der Waals surface area contributed by atoms with Crippen molar-refractivity contribution in [1.29, 1.82) is 0 Å². The number of thiophene rings is 1. The minimum atomic E-state index is -0.441. The predicted molar refractivity (Wildman–Crippen MR) is 88.5 cm³/mol. The number of carbonyl (C=O) groups excluding carboxylic acids is 1. The maximum atomic E-state index is 13.2. The quantitative estimate of drug-likeness (QED) is 0.654. The molecule has 2 rings (SSSR count). The van der Waals surface area contributed by atoms with E-state index >= 15 is 0 Å². The van der Waals surface area contributed by atoms with Gasteiger partial charge in [-0.1, -0.05) is 6.07 Å². The molecular formula is C16H19FN2O3S. The minimum Gasteiger partial charge on any atom is -0.489 e. The summed E-state index contributed by atoms with van der Waals surface area (Å²) in [6.45, 7) is 0.522. The summed E-state index contributed by atoms with van der Waals surface area (Å²) < 4.78 is 18.5. The summed E-state index contributed by atoms with van der Waals surface area (Å²) in [5, 5.41) is 16.5. The molecule has 1 aromatic heterocycles. The van der Waals surface area contributed by atoms with Gasteiger partial charge in [0.05, 0.1) is 18.8 Å². The zero-order valence-electron chi connectivity index (χ0n) is 12.5. The first-order valence-corrected chi connectivity index (χ1v) is 8.13. The Morgan fingerprint density at radius 1 is 1.35 bits per heavy atom. The molecule has 124 valence electrons. The Morgan fingerprint density at radius 2 is 2.22 bits per heavy atom. The van der Waals surface area contributed by atoms with Crippen LogP contribution in [0.25, 0.3) is 0 Å². The van der Waals surface area contributed by atoms with E-state index in [9.17, 15) is 9.18 Å². The molecule has 1 heterocycles. The number of hydrogen-bond acceptors (Lipinski definition) is 5. The highest BCUT2D eigenvalue weighted by Crippen LogP contribution is 2.25. The Labute approximate surface area is 138 Å². The summed E-state index contributed by atoms with van der Waals surface area (Å²) in [4.78, 5) is 13.0. The second-order valence-electron chi connectivity index (χ2n) is 4.75. The lowest BCUT2D eigenvalue weighted by Gasteiger charge is -2.13. The van der Waals surface area contributed by atoms with Crippen LogP contribution in [0, 0.1) is 5.82 Å². The Kier molecular flexibility index (Phi) is 6.83. The first-order chi connectivity index (χ1) is 11.2. The van der Waals surface area contributed by atoms with Gasteiger partial charge in [0, 0.05) is 17.5 Å². The lowest BCUT2D eigenvalue weighted by Crippen LogP contribution is -2.31. The van der Waals surface area contributed by atoms with Gasteiger partial charge in [0.1, 0.15) is 18.2 Å². The van der Waals surface area contributed by atoms with Gasteiger partial charge >= 0.3 is 0 Å². The fourth-order valence-electron chi connectivity index (χ4n) is 1.94. The van der Waals surface area contributed by atoms with Crippen molar-refractivity contribution in [2.75, 3.05) is 31.6 Å². The van der Waals surface area contributed by atoms with Gasteiger partial charge in [-0.3, -0.25) is 4.79 Å². The summed E-state index contributed by atoms with van der Waals surface area (Å²) >= 11 is 1.66. The fourth-order valence-corrected chi connectivity index (χ4v) is 2.64. The molecule has 3 N–H and O–H groups in total. The largest absolute Gasteiger partial charge is 0.489 e. The number of ether oxygens (including phenoxy) is 1. The molecule has 0 aliphatic carbocycles. The molecule has 0 radical (unpaired) electrons. The number of aliphatic hydroxyl groups is 1. The third-order valence-electron chi connectivity index (χ3n) is 3.01. The van der Waals surface area contributed by atoms with Crippen molar-refractivity contribution in [2.45, 2.75) is 6.42 Å². The van der Waals surface area contributed by atoms with Crippen LogP contribution in [0.1, 0.15) is 4.88 Å². The number of rotatable bonds is 9. The van der Waals surface area contributed by atoms with Gasteiger partial charge in [-0.05, 0) is 30.0 Å². The summed E-state index contributed by atoms with van der Waals surface area (Å²) in [5.41, 5.74) is 0.508. The van der Waals surface area contributed by atoms with Gasteiger partial charge < -0.3 is 20.5 Å². The molecule has 0 fully saturated rings. The number of aliphatic hydroxyl groups excluding tert-OH is 1. The van der Waals surface area contributed by atoms with Crippen LogP contribution in [0.3, 0.4) is 0 Å². The zero-order valence-corrected chi connectivity index (χ0v) is 13.4. The molecule has 0 aliphatic rings. The summed E-state index contributed by atoms with van der Waals surface area (Å²) in [5.74, 6) is -0.326. The molecule has 0 atom stereocenters. The molecule has 0 spiro atoms. The number of nitrogens with one attached hydrogen (secondary N) is 2. The van der Waals surface area contributed by atoms with Gasteiger partial charge in [-0.2, -0.15) is 0 Å². The van der Waals surface area contributed by atoms with E-state index in [-0.39, 0.29) is 31.4 Å². The maximum absolute atomic E-state index is 13.2. The van der Waals surface area contributed by atoms with E-state index in [1.165, 1.54) is 23.1 Å². The van der Waals surface area contributed by atoms with E-state index in [4.69, 9.17) is 9.84 Å². The van der Waals surface area contributed by atoms with Crippen molar-refractivity contribution in [3.05, 3.63) is 46.4 Å². The second kappa shape index (κ2) is 9.12. The van der Waals surface area contributed by atoms with Crippen LogP contribution in [0.15, 0.2) is 35.7 Å². The van der Waals surface area contributed by atoms with Crippen molar-refractivity contribution >= 4 is 22.9 Å². The van der Waals surface area contributed by atoms with Crippen LogP contribution >= 0.6 is 11.3 Å². The predicted octanol–water partition coefficient (Wildman–Crippen LogP) is 2.03. The van der Waals surface area contributed by atoms with Gasteiger partial charge in [-0.15, -0.1) is 11.3 Å². The van der Waals surface area contributed by atoms with E-state index in [1.54, 1.807) is 11.3 Å². The van der Waals surface area contributed by atoms with Gasteiger partial charge in [0.25, 0.3) is 0 Å². The average molecular weight is 338 g/mol. The minimum absolute atomic E-state index is 0.0607. The molecule has 7 heteroatoms. The highest BCUT2D eigenvalue weighted by molar-refractivity contribution is 7.09. The van der Waals surface area contributed by atoms with Crippen LogP contribution in [-0.2, 0) is 11.2 Å². The molecule has 0 aliphatic heterocycles. The van der Waals surface area contributed by atoms with Crippen LogP contribution in [-0.4, -0.2) is 37.3 Å². The number of amides is 1. The van der Waals surface area contributed by atoms with Crippen molar-refractivity contribution in [3.8, 4) is 5.75 Å². The van der Waals surface area contributed by atoms with Gasteiger partial charge in [0.15, 0.2) is 0 Å². The maximum Gasteiger partial charge on any atom is 0.239 e.